The van der Waals surface area contributed by atoms with Gasteiger partial charge in [-0.05, 0) is 17.7 Å². The molecule has 0 atom stereocenters. The van der Waals surface area contributed by atoms with Crippen LogP contribution in [0.1, 0.15) is 15.9 Å². The van der Waals surface area contributed by atoms with Crippen LogP contribution in [0.2, 0.25) is 0 Å². The molecule has 4 aromatic rings. The number of hydrogen-bond acceptors (Lipinski definition) is 5. The van der Waals surface area contributed by atoms with Crippen molar-refractivity contribution in [2.45, 2.75) is 6.61 Å². The molecule has 2 heterocycles. The first kappa shape index (κ1) is 16.8. The lowest BCUT2D eigenvalue weighted by molar-refractivity contribution is 0.102. The zero-order valence-corrected chi connectivity index (χ0v) is 14.3. The number of para-hydroxylation sites is 1. The van der Waals surface area contributed by atoms with E-state index >= 15 is 0 Å². The van der Waals surface area contributed by atoms with E-state index in [0.717, 1.165) is 22.0 Å². The van der Waals surface area contributed by atoms with Gasteiger partial charge in [0, 0.05) is 23.2 Å². The number of benzene rings is 2. The molecule has 27 heavy (non-hydrogen) atoms. The van der Waals surface area contributed by atoms with Crippen LogP contribution in [0.3, 0.4) is 0 Å². The minimum absolute atomic E-state index is 0.00868. The van der Waals surface area contributed by atoms with E-state index in [0.29, 0.717) is 17.1 Å². The van der Waals surface area contributed by atoms with Crippen molar-refractivity contribution in [3.8, 4) is 11.3 Å². The van der Waals surface area contributed by atoms with Gasteiger partial charge in [-0.15, -0.1) is 0 Å². The zero-order valence-electron chi connectivity index (χ0n) is 14.3. The number of aliphatic hydroxyl groups excluding tert-OH is 1. The molecule has 2 aromatic heterocycles. The maximum atomic E-state index is 12.7. The molecule has 0 aliphatic carbocycles. The van der Waals surface area contributed by atoms with Crippen molar-refractivity contribution in [3.05, 3.63) is 84.3 Å². The summed E-state index contributed by atoms with van der Waals surface area (Å²) in [5, 5.41) is 12.8. The summed E-state index contributed by atoms with van der Waals surface area (Å²) in [6.45, 7) is -0.00868. The van der Waals surface area contributed by atoms with Crippen LogP contribution in [0.4, 0.5) is 5.82 Å². The molecule has 0 fully saturated rings. The van der Waals surface area contributed by atoms with Gasteiger partial charge in [0.15, 0.2) is 0 Å². The number of hydrogen-bond donors (Lipinski definition) is 2. The Kier molecular flexibility index (Phi) is 4.55. The Labute approximate surface area is 155 Å². The van der Waals surface area contributed by atoms with Crippen molar-refractivity contribution >= 4 is 22.6 Å². The van der Waals surface area contributed by atoms with E-state index in [1.807, 2.05) is 48.5 Å². The number of carbonyl (C=O) groups excluding carboxylic acids is 1. The van der Waals surface area contributed by atoms with Crippen LogP contribution in [-0.2, 0) is 6.61 Å². The van der Waals surface area contributed by atoms with Crippen molar-refractivity contribution in [1.82, 2.24) is 15.0 Å². The van der Waals surface area contributed by atoms with Crippen LogP contribution >= 0.6 is 0 Å². The number of pyridine rings is 1. The maximum absolute atomic E-state index is 12.7. The summed E-state index contributed by atoms with van der Waals surface area (Å²) in [5.74, 6) is 0.158. The lowest BCUT2D eigenvalue weighted by Crippen LogP contribution is -2.13. The Balaban J connectivity index is 1.61. The predicted molar refractivity (Wildman–Crippen MR) is 103 cm³/mol. The van der Waals surface area contributed by atoms with Gasteiger partial charge >= 0.3 is 0 Å². The third kappa shape index (κ3) is 3.51. The largest absolute Gasteiger partial charge is 0.392 e. The van der Waals surface area contributed by atoms with Crippen molar-refractivity contribution < 1.29 is 9.90 Å². The van der Waals surface area contributed by atoms with Gasteiger partial charge in [0.1, 0.15) is 12.1 Å². The summed E-state index contributed by atoms with van der Waals surface area (Å²) in [7, 11) is 0. The molecule has 132 valence electrons. The lowest BCUT2D eigenvalue weighted by Gasteiger charge is -2.08. The second-order valence-electron chi connectivity index (χ2n) is 5.97. The molecule has 0 aliphatic rings. The fourth-order valence-electron chi connectivity index (χ4n) is 2.84. The molecule has 2 N–H and O–H groups in total. The first-order chi connectivity index (χ1) is 13.2. The second kappa shape index (κ2) is 7.31. The van der Waals surface area contributed by atoms with Crippen LogP contribution in [-0.4, -0.2) is 26.0 Å². The minimum atomic E-state index is -0.256. The smallest absolute Gasteiger partial charge is 0.257 e. The fraction of sp³-hybridized carbons (Fsp3) is 0.0476. The zero-order chi connectivity index (χ0) is 18.6. The topological polar surface area (TPSA) is 88.0 Å². The SMILES string of the molecule is O=C(Nc1cc(-c2ccc(CO)cc2)ncn1)c1ccnc2ccccc12. The molecule has 4 rings (SSSR count). The number of aliphatic hydroxyl groups is 1. The first-order valence-corrected chi connectivity index (χ1v) is 8.42. The van der Waals surface area contributed by atoms with E-state index in [1.54, 1.807) is 18.3 Å². The molecule has 0 unspecified atom stereocenters. The summed E-state index contributed by atoms with van der Waals surface area (Å²) in [6.07, 6.45) is 3.03. The lowest BCUT2D eigenvalue weighted by atomic mass is 10.1. The highest BCUT2D eigenvalue weighted by atomic mass is 16.3. The predicted octanol–water partition coefficient (Wildman–Crippen LogP) is 3.44. The Morgan fingerprint density at radius 2 is 1.78 bits per heavy atom. The molecule has 6 nitrogen and oxygen atoms in total. The quantitative estimate of drug-likeness (QED) is 0.585. The number of nitrogens with one attached hydrogen (secondary N) is 1. The second-order valence-corrected chi connectivity index (χ2v) is 5.97. The van der Waals surface area contributed by atoms with Crippen molar-refractivity contribution in [3.63, 3.8) is 0 Å². The minimum Gasteiger partial charge on any atom is -0.392 e. The molecule has 0 aliphatic heterocycles. The highest BCUT2D eigenvalue weighted by Crippen LogP contribution is 2.21. The monoisotopic (exact) mass is 356 g/mol. The summed E-state index contributed by atoms with van der Waals surface area (Å²) in [4.78, 5) is 25.4. The van der Waals surface area contributed by atoms with Gasteiger partial charge in [-0.25, -0.2) is 9.97 Å². The van der Waals surface area contributed by atoms with Gasteiger partial charge in [-0.1, -0.05) is 42.5 Å². The number of anilines is 1. The van der Waals surface area contributed by atoms with Crippen LogP contribution in [0, 0.1) is 0 Å². The van der Waals surface area contributed by atoms with Gasteiger partial charge in [-0.2, -0.15) is 0 Å². The molecule has 0 saturated carbocycles. The van der Waals surface area contributed by atoms with E-state index in [9.17, 15) is 4.79 Å². The average Bonchev–Trinajstić information content (AvgIpc) is 2.73. The summed E-state index contributed by atoms with van der Waals surface area (Å²) in [5.41, 5.74) is 3.68. The fourth-order valence-corrected chi connectivity index (χ4v) is 2.84. The molecule has 2 aromatic carbocycles. The van der Waals surface area contributed by atoms with Crippen LogP contribution < -0.4 is 5.32 Å². The van der Waals surface area contributed by atoms with E-state index in [4.69, 9.17) is 5.11 Å². The van der Waals surface area contributed by atoms with Crippen molar-refractivity contribution in [1.29, 1.82) is 0 Å². The summed E-state index contributed by atoms with van der Waals surface area (Å²) in [6, 6.07) is 18.3. The van der Waals surface area contributed by atoms with E-state index in [-0.39, 0.29) is 12.5 Å². The molecule has 0 bridgehead atoms. The average molecular weight is 356 g/mol. The number of rotatable bonds is 4. The van der Waals surface area contributed by atoms with E-state index in [2.05, 4.69) is 20.3 Å². The number of nitrogens with zero attached hydrogens (tertiary/aromatic N) is 3. The number of aromatic nitrogens is 3. The molecular weight excluding hydrogens is 340 g/mol. The van der Waals surface area contributed by atoms with Crippen LogP contribution in [0.15, 0.2) is 73.2 Å². The van der Waals surface area contributed by atoms with Gasteiger partial charge in [-0.3, -0.25) is 9.78 Å². The first-order valence-electron chi connectivity index (χ1n) is 8.42. The molecular formula is C21H16N4O2. The molecule has 0 spiro atoms. The summed E-state index contributed by atoms with van der Waals surface area (Å²) < 4.78 is 0. The number of fused-ring (bicyclic) bond motifs is 1. The molecule has 1 amide bonds. The molecule has 0 saturated heterocycles. The molecule has 6 heteroatoms. The van der Waals surface area contributed by atoms with Crippen LogP contribution in [0.5, 0.6) is 0 Å². The van der Waals surface area contributed by atoms with Crippen molar-refractivity contribution in [2.24, 2.45) is 0 Å². The van der Waals surface area contributed by atoms with Crippen molar-refractivity contribution in [2.75, 3.05) is 5.32 Å². The highest BCUT2D eigenvalue weighted by molar-refractivity contribution is 6.12. The van der Waals surface area contributed by atoms with Gasteiger partial charge < -0.3 is 10.4 Å². The van der Waals surface area contributed by atoms with Gasteiger partial charge in [0.2, 0.25) is 0 Å². The molecule has 0 radical (unpaired) electrons. The Morgan fingerprint density at radius 3 is 2.59 bits per heavy atom. The maximum Gasteiger partial charge on any atom is 0.257 e. The Hall–Kier alpha value is -3.64. The Morgan fingerprint density at radius 1 is 0.963 bits per heavy atom. The third-order valence-corrected chi connectivity index (χ3v) is 4.23. The Bertz CT molecular complexity index is 1110. The van der Waals surface area contributed by atoms with Crippen LogP contribution in [0.25, 0.3) is 22.2 Å². The third-order valence-electron chi connectivity index (χ3n) is 4.23. The normalized spacial score (nSPS) is 10.7. The standard InChI is InChI=1S/C21H16N4O2/c26-12-14-5-7-15(8-6-14)19-11-20(24-13-23-19)25-21(27)17-9-10-22-18-4-2-1-3-16(17)18/h1-11,13,26H,12H2,(H,23,24,25,27). The van der Waals surface area contributed by atoms with E-state index in [1.165, 1.54) is 6.33 Å². The number of amides is 1. The number of carbonyl (C=O) groups is 1. The van der Waals surface area contributed by atoms with E-state index < -0.39 is 0 Å². The highest BCUT2D eigenvalue weighted by Gasteiger charge is 2.12. The van der Waals surface area contributed by atoms with Gasteiger partial charge in [0.25, 0.3) is 5.91 Å². The summed E-state index contributed by atoms with van der Waals surface area (Å²) >= 11 is 0. The van der Waals surface area contributed by atoms with Gasteiger partial charge in [0.05, 0.1) is 23.4 Å².